The molecule has 1 N–H and O–H groups in total. The zero-order chi connectivity index (χ0) is 21.1. The summed E-state index contributed by atoms with van der Waals surface area (Å²) in [5, 5.41) is 2.90. The van der Waals surface area contributed by atoms with Crippen LogP contribution in [0.5, 0.6) is 5.75 Å². The first-order valence-electron chi connectivity index (χ1n) is 9.25. The van der Waals surface area contributed by atoms with E-state index < -0.39 is 15.9 Å². The summed E-state index contributed by atoms with van der Waals surface area (Å²) in [5.41, 5.74) is 2.08. The lowest BCUT2D eigenvalue weighted by Gasteiger charge is -2.21. The Kier molecular flexibility index (Phi) is 6.55. The molecule has 0 fully saturated rings. The summed E-state index contributed by atoms with van der Waals surface area (Å²) in [4.78, 5) is 12.7. The zero-order valence-corrected chi connectivity index (χ0v) is 18.1. The minimum atomic E-state index is -3.24. The minimum Gasteiger partial charge on any atom is -0.481 e. The van der Waals surface area contributed by atoms with Gasteiger partial charge in [-0.1, -0.05) is 45.0 Å². The molecule has 2 rings (SSSR count). The summed E-state index contributed by atoms with van der Waals surface area (Å²) in [6.07, 6.45) is 0.513. The number of hydrogen-bond acceptors (Lipinski definition) is 4. The van der Waals surface area contributed by atoms with Crippen LogP contribution in [0.15, 0.2) is 53.4 Å². The fourth-order valence-electron chi connectivity index (χ4n) is 2.71. The highest BCUT2D eigenvalue weighted by molar-refractivity contribution is 7.90. The van der Waals surface area contributed by atoms with Crippen molar-refractivity contribution in [3.05, 3.63) is 59.7 Å². The molecule has 0 aliphatic heterocycles. The number of carbonyl (C=O) groups excluding carboxylic acids is 1. The highest BCUT2D eigenvalue weighted by Gasteiger charge is 2.19. The van der Waals surface area contributed by atoms with Crippen LogP contribution in [-0.4, -0.2) is 26.7 Å². The van der Waals surface area contributed by atoms with Crippen LogP contribution in [0.2, 0.25) is 0 Å². The van der Waals surface area contributed by atoms with Gasteiger partial charge in [0.2, 0.25) is 0 Å². The largest absolute Gasteiger partial charge is 0.481 e. The van der Waals surface area contributed by atoms with E-state index in [1.165, 1.54) is 11.8 Å². The van der Waals surface area contributed by atoms with Crippen LogP contribution in [0.4, 0.5) is 0 Å². The molecule has 6 heteroatoms. The average molecular weight is 404 g/mol. The highest BCUT2D eigenvalue weighted by atomic mass is 32.2. The number of amides is 1. The van der Waals surface area contributed by atoms with Crippen LogP contribution in [0.25, 0.3) is 0 Å². The van der Waals surface area contributed by atoms with Crippen LogP contribution in [-0.2, 0) is 20.0 Å². The van der Waals surface area contributed by atoms with Crippen molar-refractivity contribution in [3.8, 4) is 5.75 Å². The van der Waals surface area contributed by atoms with Gasteiger partial charge >= 0.3 is 0 Å². The van der Waals surface area contributed by atoms with E-state index in [-0.39, 0.29) is 22.3 Å². The highest BCUT2D eigenvalue weighted by Crippen LogP contribution is 2.25. The predicted octanol–water partition coefficient (Wildman–Crippen LogP) is 4.03. The summed E-state index contributed by atoms with van der Waals surface area (Å²) < 4.78 is 28.8. The van der Waals surface area contributed by atoms with E-state index in [1.54, 1.807) is 31.2 Å². The monoisotopic (exact) mass is 403 g/mol. The van der Waals surface area contributed by atoms with Crippen molar-refractivity contribution in [2.45, 2.75) is 57.1 Å². The predicted molar refractivity (Wildman–Crippen MR) is 111 cm³/mol. The molecule has 1 amide bonds. The Morgan fingerprint density at radius 1 is 0.964 bits per heavy atom. The molecule has 0 saturated carbocycles. The number of sulfone groups is 1. The summed E-state index contributed by atoms with van der Waals surface area (Å²) in [5.74, 6) is 0.403. The summed E-state index contributed by atoms with van der Waals surface area (Å²) in [6.45, 7) is 9.97. The molecule has 0 aromatic heterocycles. The van der Waals surface area contributed by atoms with Gasteiger partial charge in [-0.05, 0) is 54.7 Å². The SMILES string of the molecule is C[C@H](Oc1ccc(C(C)(C)C)cc1)C(=O)N[C@H](C)c1ccc(S(C)(=O)=O)cc1. The molecule has 0 spiro atoms. The average Bonchev–Trinajstić information content (AvgIpc) is 2.60. The van der Waals surface area contributed by atoms with Gasteiger partial charge < -0.3 is 10.1 Å². The van der Waals surface area contributed by atoms with Gasteiger partial charge in [0.1, 0.15) is 5.75 Å². The van der Waals surface area contributed by atoms with E-state index in [4.69, 9.17) is 4.74 Å². The molecule has 2 aromatic carbocycles. The van der Waals surface area contributed by atoms with Crippen molar-refractivity contribution in [2.75, 3.05) is 6.26 Å². The molecule has 0 unspecified atom stereocenters. The van der Waals surface area contributed by atoms with Gasteiger partial charge in [0.25, 0.3) is 5.91 Å². The van der Waals surface area contributed by atoms with E-state index in [1.807, 2.05) is 31.2 Å². The number of hydrogen-bond donors (Lipinski definition) is 1. The van der Waals surface area contributed by atoms with Crippen LogP contribution >= 0.6 is 0 Å². The van der Waals surface area contributed by atoms with Gasteiger partial charge in [0.15, 0.2) is 15.9 Å². The van der Waals surface area contributed by atoms with Gasteiger partial charge in [-0.2, -0.15) is 0 Å². The summed E-state index contributed by atoms with van der Waals surface area (Å²) in [6, 6.07) is 14.0. The maximum Gasteiger partial charge on any atom is 0.261 e. The van der Waals surface area contributed by atoms with Crippen LogP contribution in [0.1, 0.15) is 51.8 Å². The molecule has 2 atom stereocenters. The Balaban J connectivity index is 1.98. The standard InChI is InChI=1S/C22H29NO4S/c1-15(17-7-13-20(14-8-17)28(6,25)26)23-21(24)16(2)27-19-11-9-18(10-12-19)22(3,4)5/h7-16H,1-6H3,(H,23,24)/t15-,16+/m1/s1. The maximum atomic E-state index is 12.5. The Hall–Kier alpha value is -2.34. The summed E-state index contributed by atoms with van der Waals surface area (Å²) >= 11 is 0. The molecule has 152 valence electrons. The molecule has 0 bridgehead atoms. The Morgan fingerprint density at radius 3 is 1.96 bits per heavy atom. The third-order valence-electron chi connectivity index (χ3n) is 4.57. The van der Waals surface area contributed by atoms with E-state index in [2.05, 4.69) is 26.1 Å². The van der Waals surface area contributed by atoms with Crippen molar-refractivity contribution < 1.29 is 17.9 Å². The van der Waals surface area contributed by atoms with Crippen molar-refractivity contribution in [3.63, 3.8) is 0 Å². The minimum absolute atomic E-state index is 0.0591. The third-order valence-corrected chi connectivity index (χ3v) is 5.70. The normalized spacial score (nSPS) is 14.2. The fraction of sp³-hybridized carbons (Fsp3) is 0.409. The van der Waals surface area contributed by atoms with Crippen LogP contribution in [0.3, 0.4) is 0 Å². The number of carbonyl (C=O) groups is 1. The molecule has 0 radical (unpaired) electrons. The first-order valence-corrected chi connectivity index (χ1v) is 11.1. The fourth-order valence-corrected chi connectivity index (χ4v) is 3.34. The number of nitrogens with one attached hydrogen (secondary N) is 1. The van der Waals surface area contributed by atoms with E-state index in [0.717, 1.165) is 5.56 Å². The Morgan fingerprint density at radius 2 is 1.50 bits per heavy atom. The van der Waals surface area contributed by atoms with E-state index in [0.29, 0.717) is 5.75 Å². The van der Waals surface area contributed by atoms with Crippen molar-refractivity contribution in [2.24, 2.45) is 0 Å². The molecule has 0 aliphatic rings. The zero-order valence-electron chi connectivity index (χ0n) is 17.3. The van der Waals surface area contributed by atoms with Crippen molar-refractivity contribution in [1.29, 1.82) is 0 Å². The molecule has 0 heterocycles. The van der Waals surface area contributed by atoms with E-state index in [9.17, 15) is 13.2 Å². The lowest BCUT2D eigenvalue weighted by Crippen LogP contribution is -2.37. The molecule has 5 nitrogen and oxygen atoms in total. The quantitative estimate of drug-likeness (QED) is 0.790. The molecule has 2 aromatic rings. The van der Waals surface area contributed by atoms with Gasteiger partial charge in [-0.15, -0.1) is 0 Å². The van der Waals surface area contributed by atoms with Gasteiger partial charge in [-0.3, -0.25) is 4.79 Å². The first kappa shape index (κ1) is 22.0. The van der Waals surface area contributed by atoms with Gasteiger partial charge in [0.05, 0.1) is 10.9 Å². The Bertz CT molecular complexity index is 911. The number of rotatable bonds is 6. The number of ether oxygens (including phenoxy) is 1. The topological polar surface area (TPSA) is 72.5 Å². The lowest BCUT2D eigenvalue weighted by molar-refractivity contribution is -0.127. The molecule has 0 aliphatic carbocycles. The van der Waals surface area contributed by atoms with Crippen molar-refractivity contribution in [1.82, 2.24) is 5.32 Å². The maximum absolute atomic E-state index is 12.5. The third kappa shape index (κ3) is 5.83. The Labute approximate surface area is 168 Å². The van der Waals surface area contributed by atoms with Crippen LogP contribution < -0.4 is 10.1 Å². The second-order valence-electron chi connectivity index (χ2n) is 8.11. The smallest absolute Gasteiger partial charge is 0.261 e. The second-order valence-corrected chi connectivity index (χ2v) is 10.1. The van der Waals surface area contributed by atoms with Gasteiger partial charge in [-0.25, -0.2) is 8.42 Å². The van der Waals surface area contributed by atoms with Gasteiger partial charge in [0, 0.05) is 6.26 Å². The first-order chi connectivity index (χ1) is 12.9. The molecular formula is C22H29NO4S. The molecular weight excluding hydrogens is 374 g/mol. The number of benzene rings is 2. The summed E-state index contributed by atoms with van der Waals surface area (Å²) in [7, 11) is -3.24. The molecule has 28 heavy (non-hydrogen) atoms. The lowest BCUT2D eigenvalue weighted by atomic mass is 9.87. The van der Waals surface area contributed by atoms with Crippen molar-refractivity contribution >= 4 is 15.7 Å². The molecule has 0 saturated heterocycles. The second kappa shape index (κ2) is 8.35. The van der Waals surface area contributed by atoms with Crippen LogP contribution in [0, 0.1) is 0 Å². The van der Waals surface area contributed by atoms with E-state index >= 15 is 0 Å².